The quantitative estimate of drug-likeness (QED) is 0.547. The van der Waals surface area contributed by atoms with Crippen molar-refractivity contribution in [1.82, 2.24) is 9.80 Å². The van der Waals surface area contributed by atoms with Crippen LogP contribution in [0, 0.1) is 0 Å². The van der Waals surface area contributed by atoms with Crippen LogP contribution >= 0.6 is 0 Å². The van der Waals surface area contributed by atoms with Crippen LogP contribution in [0.15, 0.2) is 12.7 Å². The van der Waals surface area contributed by atoms with E-state index >= 15 is 0 Å². The van der Waals surface area contributed by atoms with Gasteiger partial charge in [0.15, 0.2) is 0 Å². The van der Waals surface area contributed by atoms with Crippen molar-refractivity contribution >= 4 is 0 Å². The van der Waals surface area contributed by atoms with E-state index in [0.29, 0.717) is 6.04 Å². The number of nitrogens with zero attached hydrogens (tertiary/aromatic N) is 2. The lowest BCUT2D eigenvalue weighted by Crippen LogP contribution is -2.50. The number of hydrogen-bond donors (Lipinski definition) is 1. The molecule has 1 fully saturated rings. The summed E-state index contributed by atoms with van der Waals surface area (Å²) < 4.78 is 0. The second-order valence-electron chi connectivity index (χ2n) is 5.01. The third kappa shape index (κ3) is 4.64. The van der Waals surface area contributed by atoms with Gasteiger partial charge in [-0.15, -0.1) is 6.58 Å². The number of rotatable bonds is 6. The molecule has 1 aliphatic rings. The minimum Gasteiger partial charge on any atom is -0.393 e. The highest BCUT2D eigenvalue weighted by molar-refractivity contribution is 4.81. The predicted molar refractivity (Wildman–Crippen MR) is 68.6 cm³/mol. The highest BCUT2D eigenvalue weighted by atomic mass is 16.3. The molecule has 0 bridgehead atoms. The first-order chi connectivity index (χ1) is 7.63. The zero-order chi connectivity index (χ0) is 12.0. The van der Waals surface area contributed by atoms with Crippen LogP contribution in [0.25, 0.3) is 0 Å². The number of aliphatic hydroxyl groups excluding tert-OH is 1. The molecule has 16 heavy (non-hydrogen) atoms. The molecular formula is C13H26N2O. The molecule has 94 valence electrons. The first-order valence-electron chi connectivity index (χ1n) is 6.31. The van der Waals surface area contributed by atoms with Crippen LogP contribution in [0.5, 0.6) is 0 Å². The fraction of sp³-hybridized carbons (Fsp3) is 0.846. The second kappa shape index (κ2) is 7.05. The molecule has 0 aromatic carbocycles. The van der Waals surface area contributed by atoms with Crippen LogP contribution in [0.3, 0.4) is 0 Å². The lowest BCUT2D eigenvalue weighted by molar-refractivity contribution is 0.0598. The minimum atomic E-state index is -0.154. The van der Waals surface area contributed by atoms with Gasteiger partial charge in [-0.1, -0.05) is 6.08 Å². The Morgan fingerprint density at radius 1 is 1.44 bits per heavy atom. The van der Waals surface area contributed by atoms with Crippen molar-refractivity contribution in [3.05, 3.63) is 12.7 Å². The number of hydrogen-bond acceptors (Lipinski definition) is 3. The zero-order valence-corrected chi connectivity index (χ0v) is 10.7. The van der Waals surface area contributed by atoms with Gasteiger partial charge >= 0.3 is 0 Å². The first-order valence-corrected chi connectivity index (χ1v) is 6.31. The predicted octanol–water partition coefficient (Wildman–Crippen LogP) is 1.34. The van der Waals surface area contributed by atoms with Gasteiger partial charge in [0.1, 0.15) is 0 Å². The minimum absolute atomic E-state index is 0.154. The molecule has 0 aliphatic carbocycles. The Kier molecular flexibility index (Phi) is 6.03. The van der Waals surface area contributed by atoms with Gasteiger partial charge in [0.25, 0.3) is 0 Å². The van der Waals surface area contributed by atoms with Crippen molar-refractivity contribution in [3.8, 4) is 0 Å². The molecule has 2 atom stereocenters. The summed E-state index contributed by atoms with van der Waals surface area (Å²) in [5.41, 5.74) is 0. The van der Waals surface area contributed by atoms with Gasteiger partial charge in [0, 0.05) is 25.7 Å². The molecule has 1 aliphatic heterocycles. The largest absolute Gasteiger partial charge is 0.393 e. The van der Waals surface area contributed by atoms with Gasteiger partial charge in [0.2, 0.25) is 0 Å². The average Bonchev–Trinajstić information content (AvgIpc) is 2.24. The summed E-state index contributed by atoms with van der Waals surface area (Å²) in [6.45, 7) is 7.03. The molecule has 3 nitrogen and oxygen atoms in total. The number of likely N-dealkylation sites (N-methyl/N-ethyl adjacent to an activating group) is 2. The molecule has 1 heterocycles. The standard InChI is InChI=1S/C13H26N2O/c1-4-5-6-7-13(16)10-12-11-14(2)8-9-15(12)3/h4,12-13,16H,1,5-11H2,2-3H3. The summed E-state index contributed by atoms with van der Waals surface area (Å²) in [4.78, 5) is 4.72. The lowest BCUT2D eigenvalue weighted by atomic mass is 10.0. The number of aliphatic hydroxyl groups is 1. The second-order valence-corrected chi connectivity index (χ2v) is 5.01. The van der Waals surface area contributed by atoms with Gasteiger partial charge in [-0.05, 0) is 39.8 Å². The van der Waals surface area contributed by atoms with Gasteiger partial charge in [-0.3, -0.25) is 0 Å². The first kappa shape index (κ1) is 13.7. The van der Waals surface area contributed by atoms with E-state index in [2.05, 4.69) is 30.5 Å². The van der Waals surface area contributed by atoms with E-state index in [1.54, 1.807) is 0 Å². The molecule has 1 rings (SSSR count). The summed E-state index contributed by atoms with van der Waals surface area (Å²) in [5, 5.41) is 9.95. The number of unbranched alkanes of at least 4 members (excludes halogenated alkanes) is 1. The van der Waals surface area contributed by atoms with Gasteiger partial charge in [-0.25, -0.2) is 0 Å². The molecule has 0 aromatic rings. The lowest BCUT2D eigenvalue weighted by Gasteiger charge is -2.38. The number of allylic oxidation sites excluding steroid dienone is 1. The Morgan fingerprint density at radius 2 is 2.19 bits per heavy atom. The van der Waals surface area contributed by atoms with E-state index in [1.165, 1.54) is 0 Å². The molecule has 1 saturated heterocycles. The fourth-order valence-electron chi connectivity index (χ4n) is 2.29. The van der Waals surface area contributed by atoms with Crippen molar-refractivity contribution in [2.45, 2.75) is 37.8 Å². The van der Waals surface area contributed by atoms with Gasteiger partial charge in [0.05, 0.1) is 6.10 Å². The number of piperazine rings is 1. The highest BCUT2D eigenvalue weighted by Gasteiger charge is 2.24. The summed E-state index contributed by atoms with van der Waals surface area (Å²) >= 11 is 0. The molecular weight excluding hydrogens is 200 g/mol. The average molecular weight is 226 g/mol. The van der Waals surface area contributed by atoms with Crippen LogP contribution in [-0.4, -0.2) is 60.8 Å². The summed E-state index contributed by atoms with van der Waals surface area (Å²) in [6, 6.07) is 0.512. The van der Waals surface area contributed by atoms with Gasteiger partial charge < -0.3 is 14.9 Å². The van der Waals surface area contributed by atoms with Crippen molar-refractivity contribution in [3.63, 3.8) is 0 Å². The zero-order valence-electron chi connectivity index (χ0n) is 10.7. The van der Waals surface area contributed by atoms with E-state index in [9.17, 15) is 5.11 Å². The van der Waals surface area contributed by atoms with Crippen LogP contribution in [0.4, 0.5) is 0 Å². The molecule has 0 radical (unpaired) electrons. The van der Waals surface area contributed by atoms with E-state index < -0.39 is 0 Å². The van der Waals surface area contributed by atoms with Crippen molar-refractivity contribution in [2.24, 2.45) is 0 Å². The monoisotopic (exact) mass is 226 g/mol. The molecule has 0 spiro atoms. The third-order valence-electron chi connectivity index (χ3n) is 3.47. The maximum Gasteiger partial charge on any atom is 0.0555 e. The van der Waals surface area contributed by atoms with Gasteiger partial charge in [-0.2, -0.15) is 0 Å². The molecule has 3 heteroatoms. The molecule has 0 aromatic heterocycles. The third-order valence-corrected chi connectivity index (χ3v) is 3.47. The smallest absolute Gasteiger partial charge is 0.0555 e. The highest BCUT2D eigenvalue weighted by Crippen LogP contribution is 2.14. The fourth-order valence-corrected chi connectivity index (χ4v) is 2.29. The SMILES string of the molecule is C=CCCCC(O)CC1CN(C)CCN1C. The molecule has 0 amide bonds. The van der Waals surface area contributed by atoms with Crippen molar-refractivity contribution in [2.75, 3.05) is 33.7 Å². The van der Waals surface area contributed by atoms with E-state index in [0.717, 1.165) is 45.3 Å². The Balaban J connectivity index is 2.25. The van der Waals surface area contributed by atoms with Crippen molar-refractivity contribution in [1.29, 1.82) is 0 Å². The molecule has 0 saturated carbocycles. The van der Waals surface area contributed by atoms with E-state index in [-0.39, 0.29) is 6.10 Å². The van der Waals surface area contributed by atoms with Crippen molar-refractivity contribution < 1.29 is 5.11 Å². The maximum atomic E-state index is 9.95. The topological polar surface area (TPSA) is 26.7 Å². The van der Waals surface area contributed by atoms with E-state index in [4.69, 9.17) is 0 Å². The Bertz CT molecular complexity index is 208. The summed E-state index contributed by atoms with van der Waals surface area (Å²) in [6.07, 6.45) is 5.64. The van der Waals surface area contributed by atoms with E-state index in [1.807, 2.05) is 6.08 Å². The molecule has 2 unspecified atom stereocenters. The van der Waals surface area contributed by atoms with Crippen LogP contribution in [0.2, 0.25) is 0 Å². The van der Waals surface area contributed by atoms with Crippen LogP contribution in [-0.2, 0) is 0 Å². The molecule has 1 N–H and O–H groups in total. The Morgan fingerprint density at radius 3 is 2.88 bits per heavy atom. The maximum absolute atomic E-state index is 9.95. The summed E-state index contributed by atoms with van der Waals surface area (Å²) in [5.74, 6) is 0. The van der Waals surface area contributed by atoms with Crippen LogP contribution < -0.4 is 0 Å². The Hall–Kier alpha value is -0.380. The normalized spacial score (nSPS) is 25.6. The van der Waals surface area contributed by atoms with Crippen LogP contribution in [0.1, 0.15) is 25.7 Å². The summed E-state index contributed by atoms with van der Waals surface area (Å²) in [7, 11) is 4.32. The Labute approximate surface area is 99.7 Å².